The summed E-state index contributed by atoms with van der Waals surface area (Å²) in [5.74, 6) is -0.818. The third-order valence-corrected chi connectivity index (χ3v) is 7.42. The second kappa shape index (κ2) is 9.61. The van der Waals surface area contributed by atoms with Crippen LogP contribution in [-0.4, -0.2) is 54.0 Å². The number of nitrogens with zero attached hydrogens (tertiary/aromatic N) is 3. The molecular weight excluding hydrogens is 418 g/mol. The molecule has 2 amide bonds. The molecule has 0 spiro atoms. The number of hydrogen-bond acceptors (Lipinski definition) is 5. The number of amides is 2. The molecule has 3 rings (SSSR count). The van der Waals surface area contributed by atoms with E-state index in [1.807, 2.05) is 6.92 Å². The SMILES string of the molecule is Cc1nn(C)c(C)c1NC(=O)CNC(=O)c1ccc(S(=O)(=O)N2CCCCCC2)cc1. The van der Waals surface area contributed by atoms with Crippen LogP contribution in [0.5, 0.6) is 0 Å². The molecule has 1 aliphatic rings. The minimum Gasteiger partial charge on any atom is -0.343 e. The van der Waals surface area contributed by atoms with Crippen molar-refractivity contribution in [1.82, 2.24) is 19.4 Å². The predicted octanol–water partition coefficient (Wildman–Crippen LogP) is 1.97. The van der Waals surface area contributed by atoms with Gasteiger partial charge in [-0.3, -0.25) is 14.3 Å². The average molecular weight is 448 g/mol. The maximum atomic E-state index is 12.8. The van der Waals surface area contributed by atoms with Crippen molar-refractivity contribution >= 4 is 27.5 Å². The minimum atomic E-state index is -3.56. The number of carbonyl (C=O) groups is 2. The summed E-state index contributed by atoms with van der Waals surface area (Å²) in [6, 6.07) is 5.82. The zero-order chi connectivity index (χ0) is 22.6. The molecule has 1 saturated heterocycles. The topological polar surface area (TPSA) is 113 Å². The summed E-state index contributed by atoms with van der Waals surface area (Å²) in [5, 5.41) is 9.55. The van der Waals surface area contributed by atoms with Crippen LogP contribution < -0.4 is 10.6 Å². The van der Waals surface area contributed by atoms with Gasteiger partial charge in [-0.2, -0.15) is 9.40 Å². The van der Waals surface area contributed by atoms with Gasteiger partial charge in [0.05, 0.1) is 28.5 Å². The van der Waals surface area contributed by atoms with Gasteiger partial charge >= 0.3 is 0 Å². The Bertz CT molecular complexity index is 1050. The molecule has 1 fully saturated rings. The highest BCUT2D eigenvalue weighted by molar-refractivity contribution is 7.89. The van der Waals surface area contributed by atoms with Crippen LogP contribution in [0.1, 0.15) is 47.4 Å². The van der Waals surface area contributed by atoms with Crippen LogP contribution in [0.2, 0.25) is 0 Å². The molecule has 2 heterocycles. The lowest BCUT2D eigenvalue weighted by molar-refractivity contribution is -0.115. The number of sulfonamides is 1. The number of rotatable bonds is 6. The second-order valence-corrected chi connectivity index (χ2v) is 9.68. The van der Waals surface area contributed by atoms with Gasteiger partial charge in [-0.15, -0.1) is 0 Å². The third kappa shape index (κ3) is 5.31. The van der Waals surface area contributed by atoms with Gasteiger partial charge in [0, 0.05) is 25.7 Å². The van der Waals surface area contributed by atoms with Crippen molar-refractivity contribution in [3.8, 4) is 0 Å². The highest BCUT2D eigenvalue weighted by Gasteiger charge is 2.25. The molecular formula is C21H29N5O4S. The Balaban J connectivity index is 1.59. The monoisotopic (exact) mass is 447 g/mol. The molecule has 0 bridgehead atoms. The van der Waals surface area contributed by atoms with Crippen LogP contribution in [0.4, 0.5) is 5.69 Å². The molecule has 1 aliphatic heterocycles. The van der Waals surface area contributed by atoms with E-state index in [9.17, 15) is 18.0 Å². The van der Waals surface area contributed by atoms with Gasteiger partial charge < -0.3 is 10.6 Å². The Morgan fingerprint density at radius 2 is 1.65 bits per heavy atom. The lowest BCUT2D eigenvalue weighted by atomic mass is 10.2. The molecule has 0 unspecified atom stereocenters. The van der Waals surface area contributed by atoms with Gasteiger partial charge in [-0.1, -0.05) is 12.8 Å². The first-order chi connectivity index (χ1) is 14.7. The number of aromatic nitrogens is 2. The summed E-state index contributed by atoms with van der Waals surface area (Å²) in [6.07, 6.45) is 3.80. The number of benzene rings is 1. The van der Waals surface area contributed by atoms with Crippen molar-refractivity contribution in [3.05, 3.63) is 41.2 Å². The van der Waals surface area contributed by atoms with Crippen LogP contribution in [0.3, 0.4) is 0 Å². The van der Waals surface area contributed by atoms with Crippen LogP contribution >= 0.6 is 0 Å². The summed E-state index contributed by atoms with van der Waals surface area (Å²) < 4.78 is 28.9. The van der Waals surface area contributed by atoms with Crippen molar-refractivity contribution in [2.24, 2.45) is 7.05 Å². The standard InChI is InChI=1S/C21H29N5O4S/c1-15-20(16(2)25(3)24-15)23-19(27)14-22-21(28)17-8-10-18(11-9-17)31(29,30)26-12-6-4-5-7-13-26/h8-11H,4-7,12-14H2,1-3H3,(H,22,28)(H,23,27). The Labute approximate surface area is 182 Å². The Morgan fingerprint density at radius 1 is 1.03 bits per heavy atom. The Morgan fingerprint density at radius 3 is 2.19 bits per heavy atom. The molecule has 0 aliphatic carbocycles. The van der Waals surface area contributed by atoms with Crippen molar-refractivity contribution in [3.63, 3.8) is 0 Å². The summed E-state index contributed by atoms with van der Waals surface area (Å²) in [4.78, 5) is 24.8. The molecule has 31 heavy (non-hydrogen) atoms. The normalized spacial score (nSPS) is 15.3. The molecule has 2 N–H and O–H groups in total. The Kier molecular flexibility index (Phi) is 7.11. The summed E-state index contributed by atoms with van der Waals surface area (Å²) in [6.45, 7) is 4.48. The molecule has 10 heteroatoms. The highest BCUT2D eigenvalue weighted by Crippen LogP contribution is 2.21. The molecule has 1 aromatic carbocycles. The van der Waals surface area contributed by atoms with Crippen molar-refractivity contribution in [2.45, 2.75) is 44.4 Å². The quantitative estimate of drug-likeness (QED) is 0.703. The van der Waals surface area contributed by atoms with Crippen LogP contribution in [-0.2, 0) is 21.9 Å². The van der Waals surface area contributed by atoms with E-state index in [2.05, 4.69) is 15.7 Å². The first-order valence-electron chi connectivity index (χ1n) is 10.4. The lowest BCUT2D eigenvalue weighted by Gasteiger charge is -2.20. The molecule has 168 valence electrons. The van der Waals surface area contributed by atoms with Crippen LogP contribution in [0.25, 0.3) is 0 Å². The number of carbonyl (C=O) groups excluding carboxylic acids is 2. The van der Waals surface area contributed by atoms with E-state index in [-0.39, 0.29) is 22.9 Å². The van der Waals surface area contributed by atoms with Gasteiger partial charge in [-0.25, -0.2) is 8.42 Å². The maximum Gasteiger partial charge on any atom is 0.251 e. The van der Waals surface area contributed by atoms with Gasteiger partial charge in [0.25, 0.3) is 5.91 Å². The van der Waals surface area contributed by atoms with Crippen LogP contribution in [0, 0.1) is 13.8 Å². The molecule has 0 radical (unpaired) electrons. The van der Waals surface area contributed by atoms with Gasteiger partial charge in [0.1, 0.15) is 0 Å². The minimum absolute atomic E-state index is 0.172. The summed E-state index contributed by atoms with van der Waals surface area (Å²) in [7, 11) is -1.78. The van der Waals surface area contributed by atoms with E-state index in [1.54, 1.807) is 18.7 Å². The van der Waals surface area contributed by atoms with E-state index in [0.717, 1.165) is 31.4 Å². The van der Waals surface area contributed by atoms with Gasteiger partial charge in [0.2, 0.25) is 15.9 Å². The average Bonchev–Trinajstić information content (AvgIpc) is 2.95. The number of aryl methyl sites for hydroxylation is 2. The number of anilines is 1. The molecule has 2 aromatic rings. The summed E-state index contributed by atoms with van der Waals surface area (Å²) >= 11 is 0. The van der Waals surface area contributed by atoms with Crippen molar-refractivity contribution in [2.75, 3.05) is 25.0 Å². The predicted molar refractivity (Wildman–Crippen MR) is 117 cm³/mol. The number of hydrogen-bond donors (Lipinski definition) is 2. The van der Waals surface area contributed by atoms with E-state index < -0.39 is 15.9 Å². The molecule has 9 nitrogen and oxygen atoms in total. The Hall–Kier alpha value is -2.72. The van der Waals surface area contributed by atoms with Crippen molar-refractivity contribution < 1.29 is 18.0 Å². The fourth-order valence-electron chi connectivity index (χ4n) is 3.61. The van der Waals surface area contributed by atoms with E-state index >= 15 is 0 Å². The van der Waals surface area contributed by atoms with Gasteiger partial charge in [0.15, 0.2) is 0 Å². The fraction of sp³-hybridized carbons (Fsp3) is 0.476. The van der Waals surface area contributed by atoms with Crippen molar-refractivity contribution in [1.29, 1.82) is 0 Å². The number of nitrogens with one attached hydrogen (secondary N) is 2. The first-order valence-corrected chi connectivity index (χ1v) is 11.8. The largest absolute Gasteiger partial charge is 0.343 e. The lowest BCUT2D eigenvalue weighted by Crippen LogP contribution is -2.33. The highest BCUT2D eigenvalue weighted by atomic mass is 32.2. The maximum absolute atomic E-state index is 12.8. The van der Waals surface area contributed by atoms with E-state index in [4.69, 9.17) is 0 Å². The first kappa shape index (κ1) is 23.0. The smallest absolute Gasteiger partial charge is 0.251 e. The molecule has 1 aromatic heterocycles. The molecule has 0 saturated carbocycles. The van der Waals surface area contributed by atoms with Gasteiger partial charge in [-0.05, 0) is 51.0 Å². The molecule has 0 atom stereocenters. The zero-order valence-electron chi connectivity index (χ0n) is 18.1. The summed E-state index contributed by atoms with van der Waals surface area (Å²) in [5.41, 5.74) is 2.43. The van der Waals surface area contributed by atoms with E-state index in [0.29, 0.717) is 24.5 Å². The van der Waals surface area contributed by atoms with Crippen LogP contribution in [0.15, 0.2) is 29.2 Å². The second-order valence-electron chi connectivity index (χ2n) is 7.74. The fourth-order valence-corrected chi connectivity index (χ4v) is 5.13. The third-order valence-electron chi connectivity index (χ3n) is 5.50. The van der Waals surface area contributed by atoms with E-state index in [1.165, 1.54) is 28.6 Å². The zero-order valence-corrected chi connectivity index (χ0v) is 19.0.